The molecule has 2 unspecified atom stereocenters. The Bertz CT molecular complexity index is 184. The van der Waals surface area contributed by atoms with Gasteiger partial charge in [-0.1, -0.05) is 65.2 Å². The molecule has 2 atom stereocenters. The van der Waals surface area contributed by atoms with Crippen molar-refractivity contribution < 1.29 is 4.74 Å². The van der Waals surface area contributed by atoms with Crippen molar-refractivity contribution in [2.45, 2.75) is 95.2 Å². The van der Waals surface area contributed by atoms with E-state index >= 15 is 0 Å². The molecule has 0 aliphatic carbocycles. The summed E-state index contributed by atoms with van der Waals surface area (Å²) in [5, 5.41) is 0.881. The van der Waals surface area contributed by atoms with Crippen LogP contribution in [0.2, 0.25) is 0 Å². The third-order valence-corrected chi connectivity index (χ3v) is 5.29. The fraction of sp³-hybridized carbons (Fsp3) is 1.00. The van der Waals surface area contributed by atoms with Crippen LogP contribution in [0.1, 0.15) is 84.5 Å². The lowest BCUT2D eigenvalue weighted by Crippen LogP contribution is -2.23. The molecule has 0 radical (unpaired) electrons. The highest BCUT2D eigenvalue weighted by Gasteiger charge is 2.22. The van der Waals surface area contributed by atoms with Crippen LogP contribution in [-0.2, 0) is 4.74 Å². The molecule has 18 heavy (non-hydrogen) atoms. The summed E-state index contributed by atoms with van der Waals surface area (Å²) in [6, 6.07) is 0. The first-order valence-electron chi connectivity index (χ1n) is 8.13. The number of ether oxygens (including phenoxy) is 1. The molecule has 108 valence electrons. The molecule has 1 heterocycles. The Hall–Kier alpha value is 0.310. The molecule has 0 aromatic carbocycles. The van der Waals surface area contributed by atoms with Crippen molar-refractivity contribution in [3.63, 3.8) is 0 Å². The predicted octanol–water partition coefficient (Wildman–Crippen LogP) is 5.78. The summed E-state index contributed by atoms with van der Waals surface area (Å²) in [7, 11) is 0. The molecule has 0 spiro atoms. The largest absolute Gasteiger partial charge is 0.368 e. The van der Waals surface area contributed by atoms with Crippen LogP contribution in [-0.4, -0.2) is 17.3 Å². The van der Waals surface area contributed by atoms with Gasteiger partial charge in [-0.2, -0.15) is 0 Å². The summed E-state index contributed by atoms with van der Waals surface area (Å²) in [5.74, 6) is 0. The van der Waals surface area contributed by atoms with Gasteiger partial charge in [0.1, 0.15) is 5.44 Å². The molecule has 1 aliphatic heterocycles. The summed E-state index contributed by atoms with van der Waals surface area (Å²) < 4.78 is 5.86. The second-order valence-corrected chi connectivity index (χ2v) is 7.01. The molecule has 1 rings (SSSR count). The molecular formula is C16H32OS. The minimum Gasteiger partial charge on any atom is -0.368 e. The van der Waals surface area contributed by atoms with E-state index in [-0.39, 0.29) is 0 Å². The maximum absolute atomic E-state index is 5.86. The van der Waals surface area contributed by atoms with Gasteiger partial charge in [0, 0.05) is 11.9 Å². The van der Waals surface area contributed by atoms with Crippen LogP contribution in [0.25, 0.3) is 0 Å². The first-order valence-corrected chi connectivity index (χ1v) is 9.08. The molecule has 1 fully saturated rings. The zero-order valence-corrected chi connectivity index (χ0v) is 13.3. The van der Waals surface area contributed by atoms with E-state index in [1.807, 2.05) is 0 Å². The predicted molar refractivity (Wildman–Crippen MR) is 83.3 cm³/mol. The van der Waals surface area contributed by atoms with E-state index in [0.717, 1.165) is 11.9 Å². The van der Waals surface area contributed by atoms with Crippen molar-refractivity contribution in [2.24, 2.45) is 0 Å². The highest BCUT2D eigenvalue weighted by Crippen LogP contribution is 2.33. The summed E-state index contributed by atoms with van der Waals surface area (Å²) >= 11 is 2.12. The van der Waals surface area contributed by atoms with E-state index in [2.05, 4.69) is 25.6 Å². The zero-order chi connectivity index (χ0) is 13.1. The van der Waals surface area contributed by atoms with Gasteiger partial charge in [-0.3, -0.25) is 0 Å². The summed E-state index contributed by atoms with van der Waals surface area (Å²) in [6.45, 7) is 5.56. The lowest BCUT2D eigenvalue weighted by molar-refractivity contribution is 0.0917. The summed E-state index contributed by atoms with van der Waals surface area (Å²) in [4.78, 5) is 0. The quantitative estimate of drug-likeness (QED) is 0.466. The van der Waals surface area contributed by atoms with Gasteiger partial charge in [0.15, 0.2) is 0 Å². The monoisotopic (exact) mass is 272 g/mol. The van der Waals surface area contributed by atoms with Gasteiger partial charge < -0.3 is 4.74 Å². The maximum atomic E-state index is 5.86. The van der Waals surface area contributed by atoms with Crippen molar-refractivity contribution in [1.29, 1.82) is 0 Å². The van der Waals surface area contributed by atoms with Crippen LogP contribution in [0.5, 0.6) is 0 Å². The Kier molecular flexibility index (Phi) is 10.1. The van der Waals surface area contributed by atoms with Gasteiger partial charge in [0.25, 0.3) is 0 Å². The van der Waals surface area contributed by atoms with Gasteiger partial charge in [-0.15, -0.1) is 11.8 Å². The second-order valence-electron chi connectivity index (χ2n) is 5.55. The Balaban J connectivity index is 2.03. The van der Waals surface area contributed by atoms with Gasteiger partial charge in [0.2, 0.25) is 0 Å². The number of hydrogen-bond acceptors (Lipinski definition) is 2. The van der Waals surface area contributed by atoms with Crippen molar-refractivity contribution in [1.82, 2.24) is 0 Å². The summed E-state index contributed by atoms with van der Waals surface area (Å²) in [6.07, 6.45) is 15.1. The van der Waals surface area contributed by atoms with Crippen LogP contribution in [0.15, 0.2) is 0 Å². The number of hydrogen-bond donors (Lipinski definition) is 0. The number of rotatable bonds is 10. The highest BCUT2D eigenvalue weighted by molar-refractivity contribution is 8.00. The molecule has 0 amide bonds. The van der Waals surface area contributed by atoms with Crippen molar-refractivity contribution in [2.75, 3.05) is 6.61 Å². The van der Waals surface area contributed by atoms with Gasteiger partial charge >= 0.3 is 0 Å². The Morgan fingerprint density at radius 3 is 2.33 bits per heavy atom. The second kappa shape index (κ2) is 11.2. The van der Waals surface area contributed by atoms with Crippen LogP contribution >= 0.6 is 11.8 Å². The van der Waals surface area contributed by atoms with E-state index in [1.54, 1.807) is 0 Å². The molecule has 1 nitrogen and oxygen atoms in total. The fourth-order valence-corrected chi connectivity index (χ4v) is 4.00. The normalized spacial score (nSPS) is 24.3. The van der Waals surface area contributed by atoms with Crippen molar-refractivity contribution in [3.05, 3.63) is 0 Å². The van der Waals surface area contributed by atoms with Crippen LogP contribution in [0.4, 0.5) is 0 Å². The smallest absolute Gasteiger partial charge is 0.103 e. The molecular weight excluding hydrogens is 240 g/mol. The zero-order valence-electron chi connectivity index (χ0n) is 12.5. The van der Waals surface area contributed by atoms with E-state index in [1.165, 1.54) is 70.6 Å². The molecule has 2 heteroatoms. The highest BCUT2D eigenvalue weighted by atomic mass is 32.2. The van der Waals surface area contributed by atoms with Crippen LogP contribution in [0.3, 0.4) is 0 Å². The van der Waals surface area contributed by atoms with Crippen LogP contribution < -0.4 is 0 Å². The van der Waals surface area contributed by atoms with Gasteiger partial charge in [-0.25, -0.2) is 0 Å². The van der Waals surface area contributed by atoms with Crippen LogP contribution in [0, 0.1) is 0 Å². The van der Waals surface area contributed by atoms with E-state index in [9.17, 15) is 0 Å². The average molecular weight is 272 g/mol. The summed E-state index contributed by atoms with van der Waals surface area (Å²) in [5.41, 5.74) is 0.506. The number of thioether (sulfide) groups is 1. The molecule has 0 bridgehead atoms. The molecule has 0 aromatic rings. The SMILES string of the molecule is CCCCCCCC1CCOC(CCCCC)S1. The van der Waals surface area contributed by atoms with E-state index < -0.39 is 0 Å². The average Bonchev–Trinajstić information content (AvgIpc) is 2.39. The first-order chi connectivity index (χ1) is 8.86. The topological polar surface area (TPSA) is 9.23 Å². The molecule has 0 N–H and O–H groups in total. The van der Waals surface area contributed by atoms with Crippen molar-refractivity contribution >= 4 is 11.8 Å². The molecule has 0 saturated carbocycles. The number of unbranched alkanes of at least 4 members (excludes halogenated alkanes) is 6. The van der Waals surface area contributed by atoms with Crippen molar-refractivity contribution in [3.8, 4) is 0 Å². The third kappa shape index (κ3) is 7.68. The Morgan fingerprint density at radius 2 is 1.56 bits per heavy atom. The fourth-order valence-electron chi connectivity index (χ4n) is 2.55. The van der Waals surface area contributed by atoms with E-state index in [0.29, 0.717) is 5.44 Å². The minimum absolute atomic E-state index is 0.506. The third-order valence-electron chi connectivity index (χ3n) is 3.76. The molecule has 1 aliphatic rings. The lowest BCUT2D eigenvalue weighted by atomic mass is 10.1. The standard InChI is InChI=1S/C16H32OS/c1-3-5-7-8-10-11-15-13-14-17-16(18-15)12-9-6-4-2/h15-16H,3-14H2,1-2H3. The molecule has 0 aromatic heterocycles. The Morgan fingerprint density at radius 1 is 0.889 bits per heavy atom. The first kappa shape index (κ1) is 16.4. The lowest BCUT2D eigenvalue weighted by Gasteiger charge is -2.29. The van der Waals surface area contributed by atoms with Gasteiger partial charge in [-0.05, 0) is 19.3 Å². The Labute approximate surface area is 118 Å². The molecule has 1 saturated heterocycles. The minimum atomic E-state index is 0.506. The van der Waals surface area contributed by atoms with Gasteiger partial charge in [0.05, 0.1) is 0 Å². The maximum Gasteiger partial charge on any atom is 0.103 e. The van der Waals surface area contributed by atoms with E-state index in [4.69, 9.17) is 4.74 Å².